The Morgan fingerprint density at radius 3 is 2.55 bits per heavy atom. The van der Waals surface area contributed by atoms with Gasteiger partial charge in [0.05, 0.1) is 10.9 Å². The van der Waals surface area contributed by atoms with Crippen molar-refractivity contribution in [2.75, 3.05) is 5.32 Å². The Bertz CT molecular complexity index is 1170. The van der Waals surface area contributed by atoms with Crippen molar-refractivity contribution in [2.45, 2.75) is 31.7 Å². The molecule has 0 aliphatic heterocycles. The van der Waals surface area contributed by atoms with Crippen LogP contribution in [0, 0.1) is 18.7 Å². The van der Waals surface area contributed by atoms with Gasteiger partial charge in [0.2, 0.25) is 10.0 Å². The third kappa shape index (κ3) is 4.57. The summed E-state index contributed by atoms with van der Waals surface area (Å²) in [5.41, 5.74) is 1.56. The molecule has 154 valence electrons. The van der Waals surface area contributed by atoms with Crippen molar-refractivity contribution >= 4 is 32.7 Å². The lowest BCUT2D eigenvalue weighted by molar-refractivity contribution is 0.241. The highest BCUT2D eigenvalue weighted by Crippen LogP contribution is 2.33. The number of nitrogens with two attached hydrogens (primary N) is 1. The van der Waals surface area contributed by atoms with E-state index in [1.807, 2.05) is 20.8 Å². The molecule has 1 unspecified atom stereocenters. The molecule has 29 heavy (non-hydrogen) atoms. The highest BCUT2D eigenvalue weighted by molar-refractivity contribution is 7.89. The number of sulfonamides is 1. The van der Waals surface area contributed by atoms with Gasteiger partial charge in [0, 0.05) is 16.6 Å². The molecule has 2 amide bonds. The highest BCUT2D eigenvalue weighted by Gasteiger charge is 2.25. The average molecular weight is 419 g/mol. The first-order chi connectivity index (χ1) is 13.6. The minimum atomic E-state index is -3.88. The van der Waals surface area contributed by atoms with Crippen LogP contribution >= 0.6 is 0 Å². The fourth-order valence-electron chi connectivity index (χ4n) is 3.10. The van der Waals surface area contributed by atoms with Crippen LogP contribution in [-0.4, -0.2) is 14.4 Å². The largest absolute Gasteiger partial charge is 0.459 e. The molecule has 2 aromatic carbocycles. The van der Waals surface area contributed by atoms with Crippen LogP contribution < -0.4 is 15.8 Å². The van der Waals surface area contributed by atoms with Crippen LogP contribution in [0.15, 0.2) is 51.8 Å². The number of amides is 2. The van der Waals surface area contributed by atoms with Crippen molar-refractivity contribution in [1.29, 1.82) is 0 Å². The van der Waals surface area contributed by atoms with Crippen LogP contribution in [0.4, 0.5) is 14.9 Å². The van der Waals surface area contributed by atoms with Gasteiger partial charge < -0.3 is 15.1 Å². The van der Waals surface area contributed by atoms with Gasteiger partial charge in [-0.05, 0) is 49.2 Å². The first-order valence-corrected chi connectivity index (χ1v) is 10.5. The van der Waals surface area contributed by atoms with Crippen LogP contribution in [0.2, 0.25) is 0 Å². The van der Waals surface area contributed by atoms with Gasteiger partial charge in [0.15, 0.2) is 0 Å². The molecule has 3 rings (SSSR count). The number of hydrogen-bond donors (Lipinski definition) is 3. The summed E-state index contributed by atoms with van der Waals surface area (Å²) in [6.07, 6.45) is 0. The Hall–Kier alpha value is -2.91. The monoisotopic (exact) mass is 419 g/mol. The van der Waals surface area contributed by atoms with Crippen LogP contribution in [0.3, 0.4) is 0 Å². The maximum absolute atomic E-state index is 13.6. The number of aryl methyl sites for hydroxylation is 1. The number of hydrogen-bond acceptors (Lipinski definition) is 4. The van der Waals surface area contributed by atoms with E-state index in [1.165, 1.54) is 30.3 Å². The maximum atomic E-state index is 13.6. The molecule has 0 radical (unpaired) electrons. The summed E-state index contributed by atoms with van der Waals surface area (Å²) in [5.74, 6) is 0.143. The Labute approximate surface area is 168 Å². The van der Waals surface area contributed by atoms with Gasteiger partial charge in [0.1, 0.15) is 17.2 Å². The van der Waals surface area contributed by atoms with Gasteiger partial charge in [-0.15, -0.1) is 0 Å². The van der Waals surface area contributed by atoms with Crippen LogP contribution in [0.5, 0.6) is 0 Å². The van der Waals surface area contributed by atoms with Crippen LogP contribution in [-0.2, 0) is 10.0 Å². The van der Waals surface area contributed by atoms with Gasteiger partial charge in [-0.3, -0.25) is 0 Å². The van der Waals surface area contributed by atoms with Gasteiger partial charge in [-0.1, -0.05) is 19.9 Å². The van der Waals surface area contributed by atoms with E-state index in [9.17, 15) is 17.6 Å². The highest BCUT2D eigenvalue weighted by atomic mass is 32.2. The second kappa shape index (κ2) is 7.84. The maximum Gasteiger partial charge on any atom is 0.319 e. The zero-order valence-corrected chi connectivity index (χ0v) is 17.0. The summed E-state index contributed by atoms with van der Waals surface area (Å²) in [7, 11) is -3.88. The molecular weight excluding hydrogens is 397 g/mol. The van der Waals surface area contributed by atoms with E-state index in [-0.39, 0.29) is 22.3 Å². The topological polar surface area (TPSA) is 114 Å². The number of fused-ring (bicyclic) bond motifs is 1. The van der Waals surface area contributed by atoms with Crippen molar-refractivity contribution in [3.8, 4) is 0 Å². The molecule has 0 fully saturated rings. The molecule has 9 heteroatoms. The summed E-state index contributed by atoms with van der Waals surface area (Å²) in [6.45, 7) is 5.64. The lowest BCUT2D eigenvalue weighted by Crippen LogP contribution is -2.35. The molecule has 1 aromatic heterocycles. The van der Waals surface area contributed by atoms with E-state index >= 15 is 0 Å². The Morgan fingerprint density at radius 2 is 1.90 bits per heavy atom. The van der Waals surface area contributed by atoms with E-state index in [1.54, 1.807) is 12.1 Å². The molecule has 1 atom stereocenters. The summed E-state index contributed by atoms with van der Waals surface area (Å²) in [5, 5.41) is 11.2. The van der Waals surface area contributed by atoms with Crippen molar-refractivity contribution < 1.29 is 22.0 Å². The Morgan fingerprint density at radius 1 is 1.17 bits per heavy atom. The second-order valence-electron chi connectivity index (χ2n) is 7.12. The number of carbonyl (C=O) groups is 1. The summed E-state index contributed by atoms with van der Waals surface area (Å²) in [4.78, 5) is 12.4. The van der Waals surface area contributed by atoms with Gasteiger partial charge >= 0.3 is 6.03 Å². The fourth-order valence-corrected chi connectivity index (χ4v) is 3.66. The molecule has 0 spiro atoms. The fraction of sp³-hybridized carbons (Fsp3) is 0.250. The predicted octanol–water partition coefficient (Wildman–Crippen LogP) is 4.05. The number of anilines is 1. The predicted molar refractivity (Wildman–Crippen MR) is 108 cm³/mol. The number of carbonyl (C=O) groups excluding carboxylic acids is 1. The molecule has 3 aromatic rings. The molecule has 1 heterocycles. The number of rotatable bonds is 5. The van der Waals surface area contributed by atoms with Gasteiger partial charge in [0.25, 0.3) is 0 Å². The van der Waals surface area contributed by atoms with Crippen molar-refractivity contribution in [1.82, 2.24) is 5.32 Å². The van der Waals surface area contributed by atoms with E-state index in [0.29, 0.717) is 16.7 Å². The number of urea groups is 1. The molecule has 7 nitrogen and oxygen atoms in total. The average Bonchev–Trinajstić information content (AvgIpc) is 2.95. The van der Waals surface area contributed by atoms with E-state index in [0.717, 1.165) is 5.56 Å². The van der Waals surface area contributed by atoms with Gasteiger partial charge in [-0.2, -0.15) is 0 Å². The summed E-state index contributed by atoms with van der Waals surface area (Å²) >= 11 is 0. The molecular formula is C20H22FN3O4S. The Balaban J connectivity index is 1.85. The normalized spacial score (nSPS) is 12.9. The number of halogens is 1. The minimum Gasteiger partial charge on any atom is -0.459 e. The molecule has 0 saturated carbocycles. The lowest BCUT2D eigenvalue weighted by Gasteiger charge is -2.21. The molecule has 4 N–H and O–H groups in total. The first kappa shape index (κ1) is 20.8. The third-order valence-corrected chi connectivity index (χ3v) is 5.50. The number of furan rings is 1. The van der Waals surface area contributed by atoms with Crippen molar-refractivity contribution in [3.05, 3.63) is 59.6 Å². The molecule has 0 bridgehead atoms. The zero-order valence-electron chi connectivity index (χ0n) is 16.2. The number of benzene rings is 2. The van der Waals surface area contributed by atoms with E-state index < -0.39 is 22.1 Å². The van der Waals surface area contributed by atoms with Crippen molar-refractivity contribution in [2.24, 2.45) is 11.1 Å². The number of primary sulfonamides is 1. The number of nitrogens with one attached hydrogen (secondary N) is 2. The minimum absolute atomic E-state index is 0.0272. The summed E-state index contributed by atoms with van der Waals surface area (Å²) in [6, 6.07) is 8.89. The molecule has 0 aliphatic rings. The lowest BCUT2D eigenvalue weighted by atomic mass is 9.98. The second-order valence-corrected chi connectivity index (χ2v) is 8.69. The van der Waals surface area contributed by atoms with E-state index in [4.69, 9.17) is 9.56 Å². The third-order valence-electron chi connectivity index (χ3n) is 4.59. The SMILES string of the molecule is Cc1c(C(NC(=O)Nc2cccc(S(N)(=O)=O)c2)C(C)C)oc2ccc(F)cc12. The summed E-state index contributed by atoms with van der Waals surface area (Å²) < 4.78 is 42.4. The quantitative estimate of drug-likeness (QED) is 0.579. The van der Waals surface area contributed by atoms with Crippen LogP contribution in [0.25, 0.3) is 11.0 Å². The first-order valence-electron chi connectivity index (χ1n) is 8.95. The van der Waals surface area contributed by atoms with E-state index in [2.05, 4.69) is 10.6 Å². The zero-order chi connectivity index (χ0) is 21.3. The van der Waals surface area contributed by atoms with Crippen molar-refractivity contribution in [3.63, 3.8) is 0 Å². The van der Waals surface area contributed by atoms with Crippen LogP contribution in [0.1, 0.15) is 31.2 Å². The molecule has 0 saturated heterocycles. The smallest absolute Gasteiger partial charge is 0.319 e. The standard InChI is InChI=1S/C20H22FN3O4S/c1-11(2)18(19-12(3)16-9-13(21)7-8-17(16)28-19)24-20(25)23-14-5-4-6-15(10-14)29(22,26)27/h4-11,18H,1-3H3,(H2,22,26,27)(H2,23,24,25). The Kier molecular flexibility index (Phi) is 5.63. The van der Waals surface area contributed by atoms with Gasteiger partial charge in [-0.25, -0.2) is 22.7 Å². The molecule has 0 aliphatic carbocycles.